The number of likely N-dealkylation sites (tertiary alicyclic amines) is 1. The van der Waals surface area contributed by atoms with Gasteiger partial charge in [0.2, 0.25) is 0 Å². The summed E-state index contributed by atoms with van der Waals surface area (Å²) in [7, 11) is 0. The summed E-state index contributed by atoms with van der Waals surface area (Å²) in [4.78, 5) is 2.29. The Morgan fingerprint density at radius 2 is 1.64 bits per heavy atom. The molecule has 1 saturated heterocycles. The van der Waals surface area contributed by atoms with Gasteiger partial charge in [-0.3, -0.25) is 0 Å². The van der Waals surface area contributed by atoms with Gasteiger partial charge in [0.05, 0.1) is 0 Å². The highest BCUT2D eigenvalue weighted by Gasteiger charge is 2.22. The molecule has 0 radical (unpaired) electrons. The molecule has 1 aliphatic heterocycles. The number of ether oxygens (including phenoxy) is 2. The number of nitrogen functional groups attached to an aromatic ring is 1. The van der Waals surface area contributed by atoms with Crippen LogP contribution < -0.4 is 15.2 Å². The van der Waals surface area contributed by atoms with Crippen molar-refractivity contribution in [3.8, 4) is 17.2 Å². The molecule has 174 valence electrons. The molecular weight excluding hydrogens is 419 g/mol. The molecule has 3 aromatic carbocycles. The molecule has 1 fully saturated rings. The number of anilines is 1. The maximum Gasteiger partial charge on any atom is 0.127 e. The van der Waals surface area contributed by atoms with Crippen LogP contribution in [0.5, 0.6) is 17.2 Å². The predicted molar refractivity (Wildman–Crippen MR) is 128 cm³/mol. The van der Waals surface area contributed by atoms with E-state index < -0.39 is 6.10 Å². The predicted octanol–water partition coefficient (Wildman–Crippen LogP) is 5.13. The number of halogens is 1. The summed E-state index contributed by atoms with van der Waals surface area (Å²) in [5, 5.41) is 10.4. The van der Waals surface area contributed by atoms with E-state index in [0.717, 1.165) is 43.0 Å². The van der Waals surface area contributed by atoms with E-state index in [9.17, 15) is 9.50 Å². The van der Waals surface area contributed by atoms with Crippen molar-refractivity contribution in [2.45, 2.75) is 31.8 Å². The Bertz CT molecular complexity index is 1030. The first kappa shape index (κ1) is 23.1. The van der Waals surface area contributed by atoms with Gasteiger partial charge in [0.1, 0.15) is 35.8 Å². The van der Waals surface area contributed by atoms with Gasteiger partial charge in [-0.15, -0.1) is 0 Å². The van der Waals surface area contributed by atoms with Gasteiger partial charge in [-0.05, 0) is 92.4 Å². The SMILES string of the molecule is Cc1ccc(N)cc1OC[C@@H](O)CN1CCC(c2ccc(Oc3ccc(F)cc3)cc2)CC1. The van der Waals surface area contributed by atoms with E-state index in [1.54, 1.807) is 18.2 Å². The zero-order valence-electron chi connectivity index (χ0n) is 18.9. The number of nitrogens with zero attached hydrogens (tertiary/aromatic N) is 1. The molecule has 3 aromatic rings. The molecule has 5 nitrogen and oxygen atoms in total. The first-order chi connectivity index (χ1) is 16.0. The third-order valence-corrected chi connectivity index (χ3v) is 6.10. The molecule has 0 unspecified atom stereocenters. The Labute approximate surface area is 194 Å². The lowest BCUT2D eigenvalue weighted by molar-refractivity contribution is 0.0592. The van der Waals surface area contributed by atoms with Crippen LogP contribution in [0.3, 0.4) is 0 Å². The number of hydrogen-bond donors (Lipinski definition) is 2. The van der Waals surface area contributed by atoms with Gasteiger partial charge < -0.3 is 25.2 Å². The minimum Gasteiger partial charge on any atom is -0.490 e. The molecule has 0 saturated carbocycles. The molecule has 0 aromatic heterocycles. The van der Waals surface area contributed by atoms with Gasteiger partial charge in [-0.25, -0.2) is 4.39 Å². The molecule has 0 spiro atoms. The van der Waals surface area contributed by atoms with Crippen LogP contribution in [-0.4, -0.2) is 42.4 Å². The van der Waals surface area contributed by atoms with E-state index in [4.69, 9.17) is 15.2 Å². The van der Waals surface area contributed by atoms with Crippen LogP contribution in [0, 0.1) is 12.7 Å². The van der Waals surface area contributed by atoms with Crippen molar-refractivity contribution in [3.05, 3.63) is 83.7 Å². The molecule has 1 atom stereocenters. The summed E-state index contributed by atoms with van der Waals surface area (Å²) in [6, 6.07) is 19.7. The second-order valence-corrected chi connectivity index (χ2v) is 8.69. The second-order valence-electron chi connectivity index (χ2n) is 8.69. The van der Waals surface area contributed by atoms with Crippen LogP contribution >= 0.6 is 0 Å². The molecule has 0 amide bonds. The Morgan fingerprint density at radius 3 is 2.30 bits per heavy atom. The molecule has 0 aliphatic carbocycles. The summed E-state index contributed by atoms with van der Waals surface area (Å²) in [6.45, 7) is 4.69. The molecule has 1 aliphatic rings. The lowest BCUT2D eigenvalue weighted by Gasteiger charge is -2.33. The monoisotopic (exact) mass is 450 g/mol. The molecule has 4 rings (SSSR count). The largest absolute Gasteiger partial charge is 0.490 e. The number of nitrogens with two attached hydrogens (primary N) is 1. The zero-order chi connectivity index (χ0) is 23.2. The quantitative estimate of drug-likeness (QED) is 0.466. The smallest absolute Gasteiger partial charge is 0.127 e. The van der Waals surface area contributed by atoms with Crippen molar-refractivity contribution in [1.29, 1.82) is 0 Å². The van der Waals surface area contributed by atoms with Gasteiger partial charge in [0, 0.05) is 18.3 Å². The van der Waals surface area contributed by atoms with E-state index in [1.165, 1.54) is 17.7 Å². The number of β-amino-alcohol motifs (C(OH)–C–C–N with tert-alkyl or cyclic N) is 1. The molecule has 0 bridgehead atoms. The standard InChI is InChI=1S/C27H31FN2O3/c1-19-2-7-23(29)16-27(19)32-18-24(31)17-30-14-12-21(13-15-30)20-3-8-25(9-4-20)33-26-10-5-22(28)6-11-26/h2-11,16,21,24,31H,12-15,17-18,29H2,1H3/t24-/m0/s1. The third-order valence-electron chi connectivity index (χ3n) is 6.10. The number of aryl methyl sites for hydroxylation is 1. The second kappa shape index (κ2) is 10.7. The van der Waals surface area contributed by atoms with Gasteiger partial charge in [-0.2, -0.15) is 0 Å². The maximum absolute atomic E-state index is 13.0. The maximum atomic E-state index is 13.0. The average molecular weight is 451 g/mol. The van der Waals surface area contributed by atoms with Crippen molar-refractivity contribution < 1.29 is 19.0 Å². The van der Waals surface area contributed by atoms with E-state index in [-0.39, 0.29) is 12.4 Å². The number of hydrogen-bond acceptors (Lipinski definition) is 5. The van der Waals surface area contributed by atoms with Crippen molar-refractivity contribution >= 4 is 5.69 Å². The summed E-state index contributed by atoms with van der Waals surface area (Å²) in [5.74, 6) is 2.29. The molecule has 33 heavy (non-hydrogen) atoms. The van der Waals surface area contributed by atoms with E-state index in [2.05, 4.69) is 17.0 Å². The Balaban J connectivity index is 1.22. The molecule has 6 heteroatoms. The lowest BCUT2D eigenvalue weighted by atomic mass is 9.89. The highest BCUT2D eigenvalue weighted by molar-refractivity contribution is 5.48. The fourth-order valence-corrected chi connectivity index (χ4v) is 4.20. The number of benzene rings is 3. The van der Waals surface area contributed by atoms with Crippen LogP contribution in [0.2, 0.25) is 0 Å². The van der Waals surface area contributed by atoms with Crippen molar-refractivity contribution in [2.75, 3.05) is 32.0 Å². The van der Waals surface area contributed by atoms with Gasteiger partial charge >= 0.3 is 0 Å². The summed E-state index contributed by atoms with van der Waals surface area (Å²) < 4.78 is 24.6. The molecule has 1 heterocycles. The Hall–Kier alpha value is -3.09. The van der Waals surface area contributed by atoms with Gasteiger partial charge in [-0.1, -0.05) is 18.2 Å². The topological polar surface area (TPSA) is 68.0 Å². The molecular formula is C27H31FN2O3. The highest BCUT2D eigenvalue weighted by atomic mass is 19.1. The Kier molecular flexibility index (Phi) is 7.47. The van der Waals surface area contributed by atoms with Crippen LogP contribution in [0.1, 0.15) is 29.9 Å². The van der Waals surface area contributed by atoms with E-state index in [1.807, 2.05) is 31.2 Å². The fourth-order valence-electron chi connectivity index (χ4n) is 4.20. The number of aliphatic hydroxyl groups is 1. The first-order valence-electron chi connectivity index (χ1n) is 11.4. The van der Waals surface area contributed by atoms with Crippen molar-refractivity contribution in [1.82, 2.24) is 4.90 Å². The minimum atomic E-state index is -0.551. The van der Waals surface area contributed by atoms with Crippen LogP contribution in [0.25, 0.3) is 0 Å². The van der Waals surface area contributed by atoms with Crippen molar-refractivity contribution in [3.63, 3.8) is 0 Å². The lowest BCUT2D eigenvalue weighted by Crippen LogP contribution is -2.40. The summed E-state index contributed by atoms with van der Waals surface area (Å²) in [6.07, 6.45) is 1.53. The summed E-state index contributed by atoms with van der Waals surface area (Å²) >= 11 is 0. The number of aliphatic hydroxyl groups excluding tert-OH is 1. The number of rotatable bonds is 8. The highest BCUT2D eigenvalue weighted by Crippen LogP contribution is 2.30. The fraction of sp³-hybridized carbons (Fsp3) is 0.333. The summed E-state index contributed by atoms with van der Waals surface area (Å²) in [5.41, 5.74) is 8.78. The average Bonchev–Trinajstić information content (AvgIpc) is 2.82. The van der Waals surface area contributed by atoms with E-state index in [0.29, 0.717) is 23.9 Å². The minimum absolute atomic E-state index is 0.250. The van der Waals surface area contributed by atoms with Crippen LogP contribution in [-0.2, 0) is 0 Å². The normalized spacial score (nSPS) is 15.8. The van der Waals surface area contributed by atoms with E-state index >= 15 is 0 Å². The zero-order valence-corrected chi connectivity index (χ0v) is 18.9. The third kappa shape index (κ3) is 6.46. The van der Waals surface area contributed by atoms with Crippen LogP contribution in [0.4, 0.5) is 10.1 Å². The molecule has 3 N–H and O–H groups in total. The number of piperidine rings is 1. The van der Waals surface area contributed by atoms with Gasteiger partial charge in [0.15, 0.2) is 0 Å². The Morgan fingerprint density at radius 1 is 1.00 bits per heavy atom. The van der Waals surface area contributed by atoms with Gasteiger partial charge in [0.25, 0.3) is 0 Å². The van der Waals surface area contributed by atoms with Crippen molar-refractivity contribution in [2.24, 2.45) is 0 Å². The first-order valence-corrected chi connectivity index (χ1v) is 11.4. The van der Waals surface area contributed by atoms with Crippen LogP contribution in [0.15, 0.2) is 66.7 Å².